The van der Waals surface area contributed by atoms with Gasteiger partial charge in [-0.3, -0.25) is 4.79 Å². The van der Waals surface area contributed by atoms with Gasteiger partial charge in [0.2, 0.25) is 0 Å². The Morgan fingerprint density at radius 3 is 2.79 bits per heavy atom. The molecule has 3 heteroatoms. The van der Waals surface area contributed by atoms with Crippen molar-refractivity contribution in [1.29, 1.82) is 0 Å². The monoisotopic (exact) mass is 264 g/mol. The summed E-state index contributed by atoms with van der Waals surface area (Å²) >= 11 is 0. The molecule has 0 amide bonds. The molecule has 0 aliphatic heterocycles. The molecule has 0 spiro atoms. The number of carbonyl (C=O) groups is 1. The molecule has 4 fully saturated rings. The van der Waals surface area contributed by atoms with Gasteiger partial charge in [0.25, 0.3) is 0 Å². The van der Waals surface area contributed by atoms with Crippen molar-refractivity contribution in [2.45, 2.75) is 57.7 Å². The summed E-state index contributed by atoms with van der Waals surface area (Å²) in [7, 11) is 1.64. The number of rotatable bonds is 1. The summed E-state index contributed by atoms with van der Waals surface area (Å²) in [5.74, 6) is 1.03. The maximum absolute atomic E-state index is 12.5. The van der Waals surface area contributed by atoms with Gasteiger partial charge in [0, 0.05) is 18.9 Å². The lowest BCUT2D eigenvalue weighted by molar-refractivity contribution is -0.198. The SMILES string of the molecule is CO[C@H]1CC(=O)[C@@H]2[C@@H]3C[C@H]4CCC[C@]3(C)[C@@]4(C)[C@@]12O. The molecular weight excluding hydrogens is 240 g/mol. The first-order chi connectivity index (χ1) is 8.91. The van der Waals surface area contributed by atoms with E-state index in [1.54, 1.807) is 7.11 Å². The van der Waals surface area contributed by atoms with Crippen LogP contribution in [-0.4, -0.2) is 29.7 Å². The smallest absolute Gasteiger partial charge is 0.141 e. The number of hydrogen-bond acceptors (Lipinski definition) is 3. The highest BCUT2D eigenvalue weighted by Gasteiger charge is 2.83. The fourth-order valence-electron chi connectivity index (χ4n) is 6.87. The third-order valence-corrected chi connectivity index (χ3v) is 7.83. The number of carbonyl (C=O) groups excluding carboxylic acids is 1. The van der Waals surface area contributed by atoms with E-state index in [1.807, 2.05) is 0 Å². The number of Topliss-reactive ketones (excluding diaryl/α,β-unsaturated/α-hetero) is 1. The molecule has 7 atom stereocenters. The summed E-state index contributed by atoms with van der Waals surface area (Å²) in [6.45, 7) is 4.58. The minimum atomic E-state index is -0.915. The molecule has 4 aliphatic rings. The Kier molecular flexibility index (Phi) is 2.11. The Labute approximate surface area is 114 Å². The van der Waals surface area contributed by atoms with Crippen LogP contribution in [0.3, 0.4) is 0 Å². The molecule has 1 N–H and O–H groups in total. The van der Waals surface area contributed by atoms with Crippen LogP contribution in [0.1, 0.15) is 46.0 Å². The first-order valence-corrected chi connectivity index (χ1v) is 7.69. The number of aliphatic hydroxyl groups is 1. The summed E-state index contributed by atoms with van der Waals surface area (Å²) < 4.78 is 5.56. The zero-order valence-electron chi connectivity index (χ0n) is 12.1. The van der Waals surface area contributed by atoms with Crippen molar-refractivity contribution in [2.24, 2.45) is 28.6 Å². The molecule has 0 unspecified atom stereocenters. The van der Waals surface area contributed by atoms with E-state index in [1.165, 1.54) is 12.8 Å². The fraction of sp³-hybridized carbons (Fsp3) is 0.938. The average Bonchev–Trinajstić information content (AvgIpc) is 2.73. The number of ketones is 1. The zero-order chi connectivity index (χ0) is 13.6. The second-order valence-corrected chi connectivity index (χ2v) is 7.75. The topological polar surface area (TPSA) is 46.5 Å². The molecule has 4 aliphatic carbocycles. The van der Waals surface area contributed by atoms with E-state index < -0.39 is 5.60 Å². The molecular formula is C16H24O3. The van der Waals surface area contributed by atoms with E-state index in [0.717, 1.165) is 12.8 Å². The third-order valence-electron chi connectivity index (χ3n) is 7.83. The Balaban J connectivity index is 1.94. The van der Waals surface area contributed by atoms with Crippen molar-refractivity contribution in [3.63, 3.8) is 0 Å². The highest BCUT2D eigenvalue weighted by atomic mass is 16.5. The number of fused-ring (bicyclic) bond motifs is 2. The molecule has 0 heterocycles. The molecule has 0 saturated heterocycles. The lowest BCUT2D eigenvalue weighted by Crippen LogP contribution is -2.60. The lowest BCUT2D eigenvalue weighted by atomic mass is 9.53. The van der Waals surface area contributed by atoms with Gasteiger partial charge in [0.1, 0.15) is 11.4 Å². The van der Waals surface area contributed by atoms with Gasteiger partial charge in [0.15, 0.2) is 0 Å². The van der Waals surface area contributed by atoms with Crippen LogP contribution in [0.2, 0.25) is 0 Å². The minimum absolute atomic E-state index is 0.127. The molecule has 0 radical (unpaired) electrons. The Hall–Kier alpha value is -0.410. The highest BCUT2D eigenvalue weighted by molar-refractivity contribution is 5.88. The summed E-state index contributed by atoms with van der Waals surface area (Å²) in [6.07, 6.45) is 4.88. The van der Waals surface area contributed by atoms with E-state index in [-0.39, 0.29) is 28.6 Å². The zero-order valence-corrected chi connectivity index (χ0v) is 12.1. The van der Waals surface area contributed by atoms with Crippen LogP contribution in [0.4, 0.5) is 0 Å². The average molecular weight is 264 g/mol. The number of methoxy groups -OCH3 is 1. The predicted molar refractivity (Wildman–Crippen MR) is 70.5 cm³/mol. The summed E-state index contributed by atoms with van der Waals surface area (Å²) in [6, 6.07) is 0. The first kappa shape index (κ1) is 12.3. The Morgan fingerprint density at radius 2 is 2.11 bits per heavy atom. The second kappa shape index (κ2) is 3.25. The maximum Gasteiger partial charge on any atom is 0.141 e. The summed E-state index contributed by atoms with van der Waals surface area (Å²) in [5, 5.41) is 11.5. The van der Waals surface area contributed by atoms with Gasteiger partial charge >= 0.3 is 0 Å². The third kappa shape index (κ3) is 0.964. The van der Waals surface area contributed by atoms with Gasteiger partial charge in [-0.25, -0.2) is 0 Å². The van der Waals surface area contributed by atoms with Gasteiger partial charge in [-0.1, -0.05) is 20.3 Å². The summed E-state index contributed by atoms with van der Waals surface area (Å²) in [4.78, 5) is 12.5. The highest BCUT2D eigenvalue weighted by Crippen LogP contribution is 2.80. The molecule has 0 aromatic heterocycles. The first-order valence-electron chi connectivity index (χ1n) is 7.69. The van der Waals surface area contributed by atoms with E-state index in [2.05, 4.69) is 13.8 Å². The van der Waals surface area contributed by atoms with Crippen LogP contribution in [0.5, 0.6) is 0 Å². The van der Waals surface area contributed by atoms with Crippen molar-refractivity contribution < 1.29 is 14.6 Å². The van der Waals surface area contributed by atoms with Crippen molar-refractivity contribution in [2.75, 3.05) is 7.11 Å². The minimum Gasteiger partial charge on any atom is -0.386 e. The summed E-state index contributed by atoms with van der Waals surface area (Å²) in [5.41, 5.74) is -0.926. The molecule has 19 heavy (non-hydrogen) atoms. The lowest BCUT2D eigenvalue weighted by Gasteiger charge is -2.54. The molecule has 106 valence electrons. The van der Waals surface area contributed by atoms with Gasteiger partial charge < -0.3 is 9.84 Å². The van der Waals surface area contributed by atoms with E-state index in [9.17, 15) is 9.90 Å². The molecule has 3 nitrogen and oxygen atoms in total. The van der Waals surface area contributed by atoms with Gasteiger partial charge in [-0.05, 0) is 36.5 Å². The fourth-order valence-corrected chi connectivity index (χ4v) is 6.87. The van der Waals surface area contributed by atoms with E-state index >= 15 is 0 Å². The number of hydrogen-bond donors (Lipinski definition) is 1. The molecule has 0 aromatic rings. The largest absolute Gasteiger partial charge is 0.386 e. The van der Waals surface area contributed by atoms with Gasteiger partial charge in [-0.15, -0.1) is 0 Å². The molecule has 4 bridgehead atoms. The number of ether oxygens (including phenoxy) is 1. The van der Waals surface area contributed by atoms with Crippen molar-refractivity contribution in [3.8, 4) is 0 Å². The maximum atomic E-state index is 12.5. The van der Waals surface area contributed by atoms with Crippen LogP contribution >= 0.6 is 0 Å². The van der Waals surface area contributed by atoms with Crippen molar-refractivity contribution in [3.05, 3.63) is 0 Å². The van der Waals surface area contributed by atoms with Crippen LogP contribution in [0.25, 0.3) is 0 Å². The van der Waals surface area contributed by atoms with Crippen LogP contribution in [-0.2, 0) is 9.53 Å². The molecule has 4 rings (SSSR count). The predicted octanol–water partition coefficient (Wildman–Crippen LogP) is 2.17. The quantitative estimate of drug-likeness (QED) is 0.789. The molecule has 4 saturated carbocycles. The van der Waals surface area contributed by atoms with E-state index in [4.69, 9.17) is 4.74 Å². The molecule has 0 aromatic carbocycles. The van der Waals surface area contributed by atoms with E-state index in [0.29, 0.717) is 18.3 Å². The second-order valence-electron chi connectivity index (χ2n) is 7.75. The van der Waals surface area contributed by atoms with Crippen LogP contribution in [0.15, 0.2) is 0 Å². The normalized spacial score (nSPS) is 62.6. The van der Waals surface area contributed by atoms with Crippen LogP contribution < -0.4 is 0 Å². The van der Waals surface area contributed by atoms with Crippen LogP contribution in [0, 0.1) is 28.6 Å². The Bertz CT molecular complexity index is 461. The van der Waals surface area contributed by atoms with Crippen molar-refractivity contribution in [1.82, 2.24) is 0 Å². The Morgan fingerprint density at radius 1 is 1.37 bits per heavy atom. The standard InChI is InChI=1S/C16H24O3/c1-14-6-4-5-9-7-10(14)13-11(17)8-12(19-3)16(13,18)15(9,14)2/h9-10,12-13,18H,4-8H2,1-3H3/t9-,10+,12+,13+,14+,15+,16-/m1/s1. The van der Waals surface area contributed by atoms with Gasteiger partial charge in [-0.2, -0.15) is 0 Å². The van der Waals surface area contributed by atoms with Crippen molar-refractivity contribution >= 4 is 5.78 Å². The van der Waals surface area contributed by atoms with Gasteiger partial charge in [0.05, 0.1) is 12.0 Å².